The standard InChI is InChI=1S/C23H15FO4/c1-14-6-2-3-7-15(14)12-21-22(25)18-11-10-16(13-20(18)28-21)27-23(26)17-8-4-5-9-19(17)24/h2-13H,1H3/b21-12-. The summed E-state index contributed by atoms with van der Waals surface area (Å²) in [6.07, 6.45) is 1.68. The first kappa shape index (κ1) is 17.7. The van der Waals surface area contributed by atoms with E-state index in [2.05, 4.69) is 0 Å². The summed E-state index contributed by atoms with van der Waals surface area (Å²) in [6, 6.07) is 17.7. The van der Waals surface area contributed by atoms with Gasteiger partial charge >= 0.3 is 5.97 Å². The number of fused-ring (bicyclic) bond motifs is 1. The van der Waals surface area contributed by atoms with Gasteiger partial charge in [-0.1, -0.05) is 36.4 Å². The summed E-state index contributed by atoms with van der Waals surface area (Å²) in [6.45, 7) is 1.94. The largest absolute Gasteiger partial charge is 0.452 e. The number of carbonyl (C=O) groups excluding carboxylic acids is 2. The molecule has 0 amide bonds. The summed E-state index contributed by atoms with van der Waals surface area (Å²) in [5, 5.41) is 0. The third-order valence-electron chi connectivity index (χ3n) is 4.42. The average Bonchev–Trinajstić information content (AvgIpc) is 2.99. The molecule has 138 valence electrons. The molecule has 3 aromatic carbocycles. The summed E-state index contributed by atoms with van der Waals surface area (Å²) >= 11 is 0. The fourth-order valence-corrected chi connectivity index (χ4v) is 2.91. The fraction of sp³-hybridized carbons (Fsp3) is 0.0435. The predicted molar refractivity (Wildman–Crippen MR) is 102 cm³/mol. The Morgan fingerprint density at radius 1 is 1.04 bits per heavy atom. The summed E-state index contributed by atoms with van der Waals surface area (Å²) in [7, 11) is 0. The number of carbonyl (C=O) groups is 2. The molecule has 0 radical (unpaired) electrons. The van der Waals surface area contributed by atoms with E-state index >= 15 is 0 Å². The van der Waals surface area contributed by atoms with E-state index < -0.39 is 11.8 Å². The Labute approximate surface area is 160 Å². The molecule has 0 saturated carbocycles. The highest BCUT2D eigenvalue weighted by Gasteiger charge is 2.28. The number of hydrogen-bond donors (Lipinski definition) is 0. The first-order valence-electron chi connectivity index (χ1n) is 8.63. The second-order valence-electron chi connectivity index (χ2n) is 6.32. The molecule has 3 aromatic rings. The zero-order chi connectivity index (χ0) is 19.7. The third kappa shape index (κ3) is 3.30. The van der Waals surface area contributed by atoms with Gasteiger partial charge in [0.05, 0.1) is 11.1 Å². The highest BCUT2D eigenvalue weighted by molar-refractivity contribution is 6.14. The van der Waals surface area contributed by atoms with Crippen molar-refractivity contribution in [3.05, 3.63) is 101 Å². The molecule has 0 atom stereocenters. The SMILES string of the molecule is Cc1ccccc1/C=C1\Oc2cc(OC(=O)c3ccccc3F)ccc2C1=O. The molecular weight excluding hydrogens is 359 g/mol. The van der Waals surface area contributed by atoms with E-state index in [1.807, 2.05) is 31.2 Å². The van der Waals surface area contributed by atoms with E-state index in [4.69, 9.17) is 9.47 Å². The molecule has 4 rings (SSSR count). The topological polar surface area (TPSA) is 52.6 Å². The number of aryl methyl sites for hydroxylation is 1. The van der Waals surface area contributed by atoms with E-state index in [-0.39, 0.29) is 22.9 Å². The quantitative estimate of drug-likeness (QED) is 0.369. The summed E-state index contributed by atoms with van der Waals surface area (Å²) in [5.74, 6) is -1.07. The lowest BCUT2D eigenvalue weighted by molar-refractivity contribution is 0.0729. The van der Waals surface area contributed by atoms with Crippen LogP contribution in [0.15, 0.2) is 72.5 Å². The van der Waals surface area contributed by atoms with Gasteiger partial charge in [0.1, 0.15) is 17.3 Å². The minimum atomic E-state index is -0.821. The fourth-order valence-electron chi connectivity index (χ4n) is 2.91. The second kappa shape index (κ2) is 7.12. The van der Waals surface area contributed by atoms with Crippen LogP contribution in [-0.2, 0) is 0 Å². The van der Waals surface area contributed by atoms with Crippen LogP contribution >= 0.6 is 0 Å². The Bertz CT molecular complexity index is 1130. The number of benzene rings is 3. The number of halogens is 1. The lowest BCUT2D eigenvalue weighted by Gasteiger charge is -2.06. The minimum absolute atomic E-state index is 0.164. The first-order valence-corrected chi connectivity index (χ1v) is 8.63. The van der Waals surface area contributed by atoms with Crippen LogP contribution in [-0.4, -0.2) is 11.8 Å². The molecule has 4 nitrogen and oxygen atoms in total. The lowest BCUT2D eigenvalue weighted by Crippen LogP contribution is -2.10. The second-order valence-corrected chi connectivity index (χ2v) is 6.32. The van der Waals surface area contributed by atoms with Crippen LogP contribution in [0.3, 0.4) is 0 Å². The molecule has 0 aromatic heterocycles. The highest BCUT2D eigenvalue weighted by Crippen LogP contribution is 2.35. The van der Waals surface area contributed by atoms with Gasteiger partial charge in [0.2, 0.25) is 5.78 Å². The summed E-state index contributed by atoms with van der Waals surface area (Å²) in [5.41, 5.74) is 2.11. The number of rotatable bonds is 3. The molecule has 0 fully saturated rings. The van der Waals surface area contributed by atoms with Crippen LogP contribution in [0.1, 0.15) is 31.8 Å². The maximum absolute atomic E-state index is 13.7. The Morgan fingerprint density at radius 2 is 1.79 bits per heavy atom. The van der Waals surface area contributed by atoms with Crippen LogP contribution in [0.5, 0.6) is 11.5 Å². The van der Waals surface area contributed by atoms with Crippen LogP contribution in [0, 0.1) is 12.7 Å². The van der Waals surface area contributed by atoms with E-state index in [0.29, 0.717) is 11.3 Å². The zero-order valence-electron chi connectivity index (χ0n) is 14.9. The summed E-state index contributed by atoms with van der Waals surface area (Å²) in [4.78, 5) is 24.7. The van der Waals surface area contributed by atoms with Crippen molar-refractivity contribution >= 4 is 17.8 Å². The minimum Gasteiger partial charge on any atom is -0.452 e. The third-order valence-corrected chi connectivity index (χ3v) is 4.42. The Balaban J connectivity index is 1.58. The molecule has 28 heavy (non-hydrogen) atoms. The zero-order valence-corrected chi connectivity index (χ0v) is 14.9. The number of Topliss-reactive ketones (excluding diaryl/α,β-unsaturated/α-hetero) is 1. The van der Waals surface area contributed by atoms with Crippen LogP contribution in [0.25, 0.3) is 6.08 Å². The van der Waals surface area contributed by atoms with Crippen molar-refractivity contribution in [2.24, 2.45) is 0 Å². The van der Waals surface area contributed by atoms with Crippen LogP contribution < -0.4 is 9.47 Å². The molecule has 0 aliphatic carbocycles. The van der Waals surface area contributed by atoms with Gasteiger partial charge in [-0.25, -0.2) is 9.18 Å². The first-order chi connectivity index (χ1) is 13.5. The number of ketones is 1. The van der Waals surface area contributed by atoms with Gasteiger partial charge in [0, 0.05) is 6.07 Å². The maximum Gasteiger partial charge on any atom is 0.346 e. The Hall–Kier alpha value is -3.73. The van der Waals surface area contributed by atoms with Crippen molar-refractivity contribution in [2.75, 3.05) is 0 Å². The Morgan fingerprint density at radius 3 is 2.57 bits per heavy atom. The van der Waals surface area contributed by atoms with Crippen molar-refractivity contribution in [1.82, 2.24) is 0 Å². The van der Waals surface area contributed by atoms with E-state index in [0.717, 1.165) is 11.1 Å². The smallest absolute Gasteiger partial charge is 0.346 e. The molecule has 0 N–H and O–H groups in total. The monoisotopic (exact) mass is 374 g/mol. The number of ether oxygens (including phenoxy) is 2. The number of hydrogen-bond acceptors (Lipinski definition) is 4. The molecule has 0 unspecified atom stereocenters. The molecule has 0 saturated heterocycles. The number of allylic oxidation sites excluding steroid dienone is 1. The lowest BCUT2D eigenvalue weighted by atomic mass is 10.1. The molecule has 1 aliphatic rings. The van der Waals surface area contributed by atoms with Gasteiger partial charge in [-0.3, -0.25) is 4.79 Å². The van der Waals surface area contributed by atoms with Gasteiger partial charge in [-0.2, -0.15) is 0 Å². The van der Waals surface area contributed by atoms with Gasteiger partial charge in [-0.05, 0) is 48.4 Å². The van der Waals surface area contributed by atoms with E-state index in [1.165, 1.54) is 36.4 Å². The normalized spacial score (nSPS) is 13.9. The van der Waals surface area contributed by atoms with Crippen LogP contribution in [0.4, 0.5) is 4.39 Å². The highest BCUT2D eigenvalue weighted by atomic mass is 19.1. The Kier molecular flexibility index (Phi) is 4.49. The molecule has 1 aliphatic heterocycles. The molecule has 0 bridgehead atoms. The average molecular weight is 374 g/mol. The molecular formula is C23H15FO4. The van der Waals surface area contributed by atoms with Crippen molar-refractivity contribution in [2.45, 2.75) is 6.92 Å². The summed E-state index contributed by atoms with van der Waals surface area (Å²) < 4.78 is 24.6. The van der Waals surface area contributed by atoms with Crippen molar-refractivity contribution in [3.63, 3.8) is 0 Å². The van der Waals surface area contributed by atoms with E-state index in [9.17, 15) is 14.0 Å². The predicted octanol–water partition coefficient (Wildman–Crippen LogP) is 4.97. The number of esters is 1. The van der Waals surface area contributed by atoms with Gasteiger partial charge in [0.25, 0.3) is 0 Å². The van der Waals surface area contributed by atoms with Crippen molar-refractivity contribution in [1.29, 1.82) is 0 Å². The maximum atomic E-state index is 13.7. The van der Waals surface area contributed by atoms with Gasteiger partial charge < -0.3 is 9.47 Å². The molecule has 0 spiro atoms. The van der Waals surface area contributed by atoms with E-state index in [1.54, 1.807) is 12.1 Å². The molecule has 5 heteroatoms. The van der Waals surface area contributed by atoms with Crippen molar-refractivity contribution in [3.8, 4) is 11.5 Å². The van der Waals surface area contributed by atoms with Crippen molar-refractivity contribution < 1.29 is 23.5 Å². The van der Waals surface area contributed by atoms with Gasteiger partial charge in [-0.15, -0.1) is 0 Å². The van der Waals surface area contributed by atoms with Crippen LogP contribution in [0.2, 0.25) is 0 Å². The van der Waals surface area contributed by atoms with Gasteiger partial charge in [0.15, 0.2) is 5.76 Å². The molecule has 1 heterocycles.